The number of nitrogens with zero attached hydrogens (tertiary/aromatic N) is 3. The number of benzene rings is 2. The number of ether oxygens (including phenoxy) is 5. The Labute approximate surface area is 398 Å². The number of carbonyl (C=O) groups is 1. The zero-order valence-corrected chi connectivity index (χ0v) is 40.3. The molecular weight excluding hydrogens is 847 g/mol. The van der Waals surface area contributed by atoms with Gasteiger partial charge in [-0.1, -0.05) is 101 Å². The highest BCUT2D eigenvalue weighted by molar-refractivity contribution is 6.03. The molecular formula is C55H75N3O9. The predicted molar refractivity (Wildman–Crippen MR) is 260 cm³/mol. The van der Waals surface area contributed by atoms with Crippen molar-refractivity contribution in [2.45, 2.75) is 154 Å². The van der Waals surface area contributed by atoms with Crippen LogP contribution < -0.4 is 18.9 Å². The second-order valence-corrected chi connectivity index (χ2v) is 18.8. The van der Waals surface area contributed by atoms with Crippen molar-refractivity contribution in [1.82, 2.24) is 9.88 Å². The molecule has 6 atom stereocenters. The number of fused-ring (bicyclic) bond motifs is 3. The van der Waals surface area contributed by atoms with E-state index in [1.54, 1.807) is 13.2 Å². The van der Waals surface area contributed by atoms with Crippen LogP contribution in [0.15, 0.2) is 84.1 Å². The lowest BCUT2D eigenvalue weighted by Crippen LogP contribution is -2.70. The summed E-state index contributed by atoms with van der Waals surface area (Å²) in [5, 5.41) is 24.8. The van der Waals surface area contributed by atoms with Crippen LogP contribution in [0.1, 0.15) is 145 Å². The summed E-state index contributed by atoms with van der Waals surface area (Å²) in [7, 11) is 1.58. The van der Waals surface area contributed by atoms with E-state index < -0.39 is 17.7 Å². The van der Waals surface area contributed by atoms with Crippen molar-refractivity contribution in [3.05, 3.63) is 101 Å². The van der Waals surface area contributed by atoms with Gasteiger partial charge in [0.25, 0.3) is 0 Å². The van der Waals surface area contributed by atoms with Crippen molar-refractivity contribution in [3.63, 3.8) is 0 Å². The Morgan fingerprint density at radius 2 is 1.66 bits per heavy atom. The molecule has 12 nitrogen and oxygen atoms in total. The van der Waals surface area contributed by atoms with Gasteiger partial charge in [0.2, 0.25) is 18.5 Å². The van der Waals surface area contributed by atoms with E-state index >= 15 is 4.79 Å². The van der Waals surface area contributed by atoms with Gasteiger partial charge in [0.05, 0.1) is 23.9 Å². The first-order valence-electron chi connectivity index (χ1n) is 25.2. The van der Waals surface area contributed by atoms with Crippen LogP contribution >= 0.6 is 0 Å². The van der Waals surface area contributed by atoms with Crippen LogP contribution in [0.2, 0.25) is 0 Å². The summed E-state index contributed by atoms with van der Waals surface area (Å²) in [4.78, 5) is 27.6. The summed E-state index contributed by atoms with van der Waals surface area (Å²) in [5.41, 5.74) is 5.43. The molecule has 0 saturated heterocycles. The quantitative estimate of drug-likeness (QED) is 0.0411. The third-order valence-corrected chi connectivity index (χ3v) is 14.2. The highest BCUT2D eigenvalue weighted by atomic mass is 16.7. The molecule has 0 radical (unpaired) electrons. The first-order valence-corrected chi connectivity index (χ1v) is 25.2. The second-order valence-electron chi connectivity index (χ2n) is 18.8. The SMILES string of the molecule is C=CCOC12Oc3ccc(OCc4cccc(C)n4)cc3C3C(CCCCO)C(CCCCO)C=C(C(=NOC)CC1N(Cc1ccc4c(c1)OCO4)C(=O)CCCCCCCCCCC)C32. The Morgan fingerprint density at radius 1 is 0.910 bits per heavy atom. The first-order chi connectivity index (χ1) is 32.8. The number of oxime groups is 1. The smallest absolute Gasteiger partial charge is 0.239 e. The highest BCUT2D eigenvalue weighted by Crippen LogP contribution is 2.62. The highest BCUT2D eigenvalue weighted by Gasteiger charge is 2.65. The Balaban J connectivity index is 1.33. The average molecular weight is 922 g/mol. The molecule has 1 fully saturated rings. The second kappa shape index (κ2) is 24.9. The van der Waals surface area contributed by atoms with Crippen molar-refractivity contribution < 1.29 is 43.5 Å². The van der Waals surface area contributed by atoms with E-state index in [0.717, 1.165) is 78.7 Å². The van der Waals surface area contributed by atoms with Gasteiger partial charge in [0.15, 0.2) is 11.5 Å². The topological polar surface area (TPSA) is 141 Å². The molecule has 1 saturated carbocycles. The van der Waals surface area contributed by atoms with E-state index in [4.69, 9.17) is 33.7 Å². The molecule has 3 heterocycles. The Morgan fingerprint density at radius 3 is 2.40 bits per heavy atom. The molecule has 3 aromatic rings. The van der Waals surface area contributed by atoms with Gasteiger partial charge in [-0.3, -0.25) is 9.78 Å². The molecule has 1 aromatic heterocycles. The summed E-state index contributed by atoms with van der Waals surface area (Å²) in [6.45, 7) is 9.48. The third kappa shape index (κ3) is 12.2. The summed E-state index contributed by atoms with van der Waals surface area (Å²) < 4.78 is 32.7. The fourth-order valence-electron chi connectivity index (χ4n) is 11.0. The van der Waals surface area contributed by atoms with Crippen LogP contribution in [-0.2, 0) is 27.5 Å². The maximum atomic E-state index is 15.2. The lowest BCUT2D eigenvalue weighted by Gasteiger charge is -2.60. The number of aryl methyl sites for hydroxylation is 1. The molecule has 7 rings (SSSR count). The van der Waals surface area contributed by atoms with Gasteiger partial charge < -0.3 is 43.6 Å². The number of pyridine rings is 1. The molecule has 2 aliphatic carbocycles. The van der Waals surface area contributed by atoms with Crippen LogP contribution in [0, 0.1) is 24.7 Å². The van der Waals surface area contributed by atoms with Crippen LogP contribution in [-0.4, -0.2) is 77.3 Å². The molecule has 2 N–H and O–H groups in total. The van der Waals surface area contributed by atoms with Gasteiger partial charge in [0, 0.05) is 49.8 Å². The zero-order valence-electron chi connectivity index (χ0n) is 40.3. The number of hydrogen-bond donors (Lipinski definition) is 2. The summed E-state index contributed by atoms with van der Waals surface area (Å²) >= 11 is 0. The van der Waals surface area contributed by atoms with Gasteiger partial charge in [-0.05, 0) is 104 Å². The first kappa shape index (κ1) is 50.0. The molecule has 1 amide bonds. The molecule has 2 aromatic carbocycles. The average Bonchev–Trinajstić information content (AvgIpc) is 3.81. The van der Waals surface area contributed by atoms with Gasteiger partial charge in [-0.2, -0.15) is 0 Å². The van der Waals surface area contributed by atoms with E-state index in [-0.39, 0.29) is 56.8 Å². The van der Waals surface area contributed by atoms with E-state index in [1.165, 1.54) is 38.5 Å². The largest absolute Gasteiger partial charge is 0.487 e. The number of allylic oxidation sites excluding steroid dienone is 1. The van der Waals surface area contributed by atoms with Crippen LogP contribution in [0.3, 0.4) is 0 Å². The van der Waals surface area contributed by atoms with Gasteiger partial charge in [0.1, 0.15) is 31.3 Å². The number of hydrogen-bond acceptors (Lipinski definition) is 11. The maximum Gasteiger partial charge on any atom is 0.239 e. The molecule has 2 aliphatic heterocycles. The predicted octanol–water partition coefficient (Wildman–Crippen LogP) is 10.9. The van der Waals surface area contributed by atoms with Gasteiger partial charge in [-0.25, -0.2) is 0 Å². The molecule has 364 valence electrons. The lowest BCUT2D eigenvalue weighted by molar-refractivity contribution is -0.258. The molecule has 4 aliphatic rings. The number of rotatable bonds is 28. The standard InChI is InChI=1S/C55H75N3O9/c1-5-7-8-9-10-11-12-13-14-24-52(61)58(36-40-25-27-49-50(32-40)65-38-64-49)51-35-47(57-62-4)45-33-41(21-15-17-29-59)44(23-16-18-30-60)53-46-34-43(63-37-42-22-19-20-39(3)56-42)26-28-48(46)67-55(51,54(45)53)66-31-6-2/h6,19-20,22,25-28,32-34,41,44,51,53-54,59-60H,2,5,7-18,21,23-24,29-31,35-38H2,1,3-4H3. The molecule has 12 heteroatoms. The van der Waals surface area contributed by atoms with Gasteiger partial charge in [-0.15, -0.1) is 6.58 Å². The van der Waals surface area contributed by atoms with Gasteiger partial charge >= 0.3 is 0 Å². The minimum atomic E-state index is -1.37. The Hall–Kier alpha value is -4.91. The van der Waals surface area contributed by atoms with Crippen molar-refractivity contribution in [1.29, 1.82) is 0 Å². The van der Waals surface area contributed by atoms with Crippen molar-refractivity contribution in [3.8, 4) is 23.0 Å². The minimum Gasteiger partial charge on any atom is -0.487 e. The Kier molecular flexibility index (Phi) is 18.6. The van der Waals surface area contributed by atoms with Crippen molar-refractivity contribution in [2.75, 3.05) is 33.7 Å². The summed E-state index contributed by atoms with van der Waals surface area (Å²) in [6.07, 6.45) is 19.9. The van der Waals surface area contributed by atoms with E-state index in [0.29, 0.717) is 55.3 Å². The van der Waals surface area contributed by atoms with E-state index in [1.807, 2.05) is 60.4 Å². The number of amides is 1. The normalized spacial score (nSPS) is 22.9. The molecule has 6 unspecified atom stereocenters. The number of aromatic nitrogens is 1. The summed E-state index contributed by atoms with van der Waals surface area (Å²) in [5.74, 6) is 0.979. The number of unbranched alkanes of at least 4 members (excludes halogenated alkanes) is 10. The number of aliphatic hydroxyl groups is 2. The number of aliphatic hydroxyl groups excluding tert-OH is 2. The zero-order chi connectivity index (χ0) is 47.0. The maximum absolute atomic E-state index is 15.2. The minimum absolute atomic E-state index is 0.0213. The molecule has 0 bridgehead atoms. The van der Waals surface area contributed by atoms with E-state index in [2.05, 4.69) is 30.6 Å². The van der Waals surface area contributed by atoms with Crippen LogP contribution in [0.25, 0.3) is 0 Å². The molecule has 0 spiro atoms. The molecule has 67 heavy (non-hydrogen) atoms. The number of carbonyl (C=O) groups excluding carboxylic acids is 1. The van der Waals surface area contributed by atoms with Crippen molar-refractivity contribution >= 4 is 11.6 Å². The fourth-order valence-corrected chi connectivity index (χ4v) is 11.0. The van der Waals surface area contributed by atoms with E-state index in [9.17, 15) is 10.2 Å². The van der Waals surface area contributed by atoms with Crippen molar-refractivity contribution in [2.24, 2.45) is 22.9 Å². The third-order valence-electron chi connectivity index (χ3n) is 14.2. The lowest BCUT2D eigenvalue weighted by atomic mass is 9.55. The van der Waals surface area contributed by atoms with Crippen LogP contribution in [0.5, 0.6) is 23.0 Å². The monoisotopic (exact) mass is 922 g/mol. The van der Waals surface area contributed by atoms with Crippen LogP contribution in [0.4, 0.5) is 0 Å². The fraction of sp³-hybridized carbons (Fsp3) is 0.582. The summed E-state index contributed by atoms with van der Waals surface area (Å²) in [6, 6.07) is 17.3. The Bertz CT molecular complexity index is 2140.